The van der Waals surface area contributed by atoms with Crippen LogP contribution in [0, 0.1) is 0 Å². The van der Waals surface area contributed by atoms with E-state index in [0.717, 1.165) is 32.1 Å². The molecule has 0 aromatic heterocycles. The van der Waals surface area contributed by atoms with Gasteiger partial charge >= 0.3 is 5.97 Å². The number of nitrogens with one attached hydrogen (secondary N) is 1. The first-order valence-corrected chi connectivity index (χ1v) is 9.04. The van der Waals surface area contributed by atoms with Gasteiger partial charge in [0.25, 0.3) is 0 Å². The highest BCUT2D eigenvalue weighted by Crippen LogP contribution is 2.25. The number of rotatable bonds is 12. The van der Waals surface area contributed by atoms with E-state index in [1.54, 1.807) is 0 Å². The fourth-order valence-corrected chi connectivity index (χ4v) is 2.68. The summed E-state index contributed by atoms with van der Waals surface area (Å²) in [4.78, 5) is 23.4. The van der Waals surface area contributed by atoms with Crippen LogP contribution in [0.2, 0.25) is 0 Å². The molecule has 26 heavy (non-hydrogen) atoms. The molecule has 0 aliphatic heterocycles. The summed E-state index contributed by atoms with van der Waals surface area (Å²) in [6, 6.07) is 2.81. The van der Waals surface area contributed by atoms with Gasteiger partial charge in [0.2, 0.25) is 5.91 Å². The van der Waals surface area contributed by atoms with E-state index in [9.17, 15) is 30.0 Å². The zero-order chi connectivity index (χ0) is 19.5. The number of aliphatic hydroxyl groups excluding tert-OH is 1. The van der Waals surface area contributed by atoms with Crippen molar-refractivity contribution in [2.75, 3.05) is 0 Å². The Morgan fingerprint density at radius 3 is 2.38 bits per heavy atom. The number of unbranched alkanes of at least 4 members (excludes halogenated alkanes) is 4. The van der Waals surface area contributed by atoms with Crippen molar-refractivity contribution in [1.29, 1.82) is 0 Å². The molecule has 0 spiro atoms. The van der Waals surface area contributed by atoms with Gasteiger partial charge in [-0.1, -0.05) is 45.1 Å². The maximum Gasteiger partial charge on any atom is 0.326 e. The monoisotopic (exact) mass is 367 g/mol. The molecule has 0 aliphatic rings. The molecule has 1 aromatic rings. The Morgan fingerprint density at radius 2 is 1.77 bits per heavy atom. The Balaban J connectivity index is 2.46. The third-order valence-corrected chi connectivity index (χ3v) is 4.17. The minimum Gasteiger partial charge on any atom is -0.504 e. The molecule has 2 atom stereocenters. The number of carboxylic acids is 1. The summed E-state index contributed by atoms with van der Waals surface area (Å²) in [6.07, 6.45) is 4.79. The molecule has 1 rings (SSSR count). The number of hydrogen-bond acceptors (Lipinski definition) is 5. The van der Waals surface area contributed by atoms with Gasteiger partial charge in [0.05, 0.1) is 12.5 Å². The maximum absolute atomic E-state index is 12.0. The van der Waals surface area contributed by atoms with E-state index in [1.807, 2.05) is 0 Å². The summed E-state index contributed by atoms with van der Waals surface area (Å²) >= 11 is 0. The number of carbonyl (C=O) groups excluding carboxylic acids is 1. The van der Waals surface area contributed by atoms with E-state index >= 15 is 0 Å². The molecule has 146 valence electrons. The summed E-state index contributed by atoms with van der Waals surface area (Å²) in [5, 5.41) is 40.3. The van der Waals surface area contributed by atoms with Crippen LogP contribution in [0.4, 0.5) is 0 Å². The lowest BCUT2D eigenvalue weighted by Crippen LogP contribution is -2.43. The Kier molecular flexibility index (Phi) is 9.51. The molecule has 0 saturated heterocycles. The second-order valence-corrected chi connectivity index (χ2v) is 6.55. The first-order chi connectivity index (χ1) is 12.3. The van der Waals surface area contributed by atoms with Crippen molar-refractivity contribution in [3.8, 4) is 11.5 Å². The van der Waals surface area contributed by atoms with E-state index < -0.39 is 24.0 Å². The van der Waals surface area contributed by atoms with E-state index in [4.69, 9.17) is 0 Å². The maximum atomic E-state index is 12.0. The summed E-state index contributed by atoms with van der Waals surface area (Å²) < 4.78 is 0. The molecule has 5 N–H and O–H groups in total. The molecule has 0 heterocycles. The highest BCUT2D eigenvalue weighted by molar-refractivity contribution is 5.84. The molecule has 0 radical (unpaired) electrons. The zero-order valence-corrected chi connectivity index (χ0v) is 15.1. The number of phenolic OH excluding ortho intramolecular Hbond substituents is 2. The number of aliphatic carboxylic acids is 1. The molecule has 0 saturated carbocycles. The quantitative estimate of drug-likeness (QED) is 0.285. The molecule has 0 bridgehead atoms. The van der Waals surface area contributed by atoms with Gasteiger partial charge in [-0.2, -0.15) is 0 Å². The lowest BCUT2D eigenvalue weighted by atomic mass is 10.0. The molecule has 1 aromatic carbocycles. The molecule has 7 nitrogen and oxygen atoms in total. The van der Waals surface area contributed by atoms with Gasteiger partial charge in [-0.25, -0.2) is 4.79 Å². The van der Waals surface area contributed by atoms with Gasteiger partial charge in [-0.15, -0.1) is 0 Å². The third kappa shape index (κ3) is 8.20. The summed E-state index contributed by atoms with van der Waals surface area (Å²) in [5.41, 5.74) is 0.462. The summed E-state index contributed by atoms with van der Waals surface area (Å²) in [6.45, 7) is 2.12. The molecular formula is C19H29NO6. The van der Waals surface area contributed by atoms with Crippen LogP contribution in [0.1, 0.15) is 57.4 Å². The zero-order valence-electron chi connectivity index (χ0n) is 15.1. The topological polar surface area (TPSA) is 127 Å². The van der Waals surface area contributed by atoms with Crippen molar-refractivity contribution in [2.24, 2.45) is 0 Å². The fraction of sp³-hybridized carbons (Fsp3) is 0.579. The van der Waals surface area contributed by atoms with Crippen LogP contribution in [0.25, 0.3) is 0 Å². The molecular weight excluding hydrogens is 338 g/mol. The highest BCUT2D eigenvalue weighted by atomic mass is 16.4. The Hall–Kier alpha value is -2.28. The smallest absolute Gasteiger partial charge is 0.326 e. The third-order valence-electron chi connectivity index (χ3n) is 4.17. The van der Waals surface area contributed by atoms with Crippen molar-refractivity contribution < 1.29 is 30.0 Å². The first kappa shape index (κ1) is 21.8. The predicted octanol–water partition coefficient (Wildman–Crippen LogP) is 2.32. The number of aliphatic hydroxyl groups is 1. The lowest BCUT2D eigenvalue weighted by Gasteiger charge is -2.16. The Labute approximate surface area is 153 Å². The van der Waals surface area contributed by atoms with Crippen LogP contribution in [0.3, 0.4) is 0 Å². The fourth-order valence-electron chi connectivity index (χ4n) is 2.68. The average molecular weight is 367 g/mol. The number of phenols is 2. The number of carboxylic acid groups (broad SMARTS) is 1. The van der Waals surface area contributed by atoms with E-state index in [-0.39, 0.29) is 24.3 Å². The van der Waals surface area contributed by atoms with E-state index in [0.29, 0.717) is 12.0 Å². The lowest BCUT2D eigenvalue weighted by molar-refractivity contribution is -0.142. The van der Waals surface area contributed by atoms with E-state index in [2.05, 4.69) is 12.2 Å². The van der Waals surface area contributed by atoms with Gasteiger partial charge in [0.1, 0.15) is 6.04 Å². The second-order valence-electron chi connectivity index (χ2n) is 6.55. The normalized spacial score (nSPS) is 13.2. The first-order valence-electron chi connectivity index (χ1n) is 9.04. The van der Waals surface area contributed by atoms with Gasteiger partial charge < -0.3 is 25.7 Å². The largest absolute Gasteiger partial charge is 0.504 e. The van der Waals surface area contributed by atoms with Crippen molar-refractivity contribution in [3.63, 3.8) is 0 Å². The van der Waals surface area contributed by atoms with Gasteiger partial charge in [0, 0.05) is 6.42 Å². The van der Waals surface area contributed by atoms with Crippen LogP contribution < -0.4 is 5.32 Å². The number of amides is 1. The minimum atomic E-state index is -1.21. The van der Waals surface area contributed by atoms with E-state index in [1.165, 1.54) is 18.2 Å². The molecule has 7 heteroatoms. The molecule has 1 amide bonds. The summed E-state index contributed by atoms with van der Waals surface area (Å²) in [5.74, 6) is -2.38. The summed E-state index contributed by atoms with van der Waals surface area (Å²) in [7, 11) is 0. The van der Waals surface area contributed by atoms with Crippen LogP contribution in [-0.4, -0.2) is 44.4 Å². The Morgan fingerprint density at radius 1 is 1.08 bits per heavy atom. The predicted molar refractivity (Wildman–Crippen MR) is 97.0 cm³/mol. The number of carbonyl (C=O) groups is 2. The van der Waals surface area contributed by atoms with Gasteiger partial charge in [-0.3, -0.25) is 4.79 Å². The second kappa shape index (κ2) is 11.4. The van der Waals surface area contributed by atoms with Crippen molar-refractivity contribution in [3.05, 3.63) is 23.8 Å². The van der Waals surface area contributed by atoms with Crippen molar-refractivity contribution >= 4 is 11.9 Å². The number of benzene rings is 1. The van der Waals surface area contributed by atoms with Crippen LogP contribution >= 0.6 is 0 Å². The van der Waals surface area contributed by atoms with Crippen LogP contribution in [-0.2, 0) is 16.0 Å². The average Bonchev–Trinajstić information content (AvgIpc) is 2.57. The minimum absolute atomic E-state index is 0.0397. The van der Waals surface area contributed by atoms with Gasteiger partial charge in [-0.05, 0) is 24.1 Å². The molecule has 1 unspecified atom stereocenters. The number of hydrogen-bond donors (Lipinski definition) is 5. The van der Waals surface area contributed by atoms with Gasteiger partial charge in [0.15, 0.2) is 11.5 Å². The highest BCUT2D eigenvalue weighted by Gasteiger charge is 2.22. The van der Waals surface area contributed by atoms with Crippen molar-refractivity contribution in [2.45, 2.75) is 70.4 Å². The molecule has 0 fully saturated rings. The molecule has 0 aliphatic carbocycles. The van der Waals surface area contributed by atoms with Crippen molar-refractivity contribution in [1.82, 2.24) is 5.32 Å². The number of aromatic hydroxyl groups is 2. The van der Waals surface area contributed by atoms with Crippen LogP contribution in [0.15, 0.2) is 18.2 Å². The standard InChI is InChI=1S/C19H29NO6/c1-2-3-4-5-6-7-14(21)12-18(24)20-15(19(25)26)10-13-8-9-16(22)17(23)11-13/h8-9,11,14-15,21-23H,2-7,10,12H2,1H3,(H,20,24)(H,25,26)/t14?,15-/m0/s1. The Bertz CT molecular complexity index is 589. The van der Waals surface area contributed by atoms with Crippen LogP contribution in [0.5, 0.6) is 11.5 Å². The SMILES string of the molecule is CCCCCCCC(O)CC(=O)N[C@@H](Cc1ccc(O)c(O)c1)C(=O)O.